The zero-order valence-electron chi connectivity index (χ0n) is 26.7. The molecule has 47 heavy (non-hydrogen) atoms. The molecule has 0 spiro atoms. The molecule has 2 saturated heterocycles. The predicted octanol–water partition coefficient (Wildman–Crippen LogP) is 3.68. The zero-order valence-corrected chi connectivity index (χ0v) is 27.5. The molecule has 2 aromatic heterocycles. The van der Waals surface area contributed by atoms with E-state index in [1.807, 2.05) is 18.7 Å². The fourth-order valence-corrected chi connectivity index (χ4v) is 7.22. The number of likely N-dealkylation sites (tertiary alicyclic amines) is 1. The number of morpholine rings is 1. The number of piperidine rings is 1. The van der Waals surface area contributed by atoms with Gasteiger partial charge in [0.15, 0.2) is 5.65 Å². The van der Waals surface area contributed by atoms with E-state index >= 15 is 0 Å². The quantitative estimate of drug-likeness (QED) is 0.310. The number of amides is 2. The second kappa shape index (κ2) is 14.1. The van der Waals surface area contributed by atoms with Crippen LogP contribution >= 0.6 is 11.8 Å². The van der Waals surface area contributed by atoms with Crippen LogP contribution in [0.1, 0.15) is 55.6 Å². The molecule has 1 atom stereocenters. The second-order valence-corrected chi connectivity index (χ2v) is 14.0. The van der Waals surface area contributed by atoms with Crippen LogP contribution in [0.2, 0.25) is 0 Å². The van der Waals surface area contributed by atoms with Crippen molar-refractivity contribution < 1.29 is 27.8 Å². The third kappa shape index (κ3) is 7.53. The lowest BCUT2D eigenvalue weighted by atomic mass is 9.87. The number of nitrogens with zero attached hydrogens (tertiary/aromatic N) is 6. The van der Waals surface area contributed by atoms with Crippen LogP contribution in [0, 0.1) is 0 Å². The van der Waals surface area contributed by atoms with Gasteiger partial charge in [-0.15, -0.1) is 11.8 Å². The van der Waals surface area contributed by atoms with Gasteiger partial charge in [-0.2, -0.15) is 13.9 Å². The molecule has 0 saturated carbocycles. The van der Waals surface area contributed by atoms with Gasteiger partial charge in [0.2, 0.25) is 5.91 Å². The van der Waals surface area contributed by atoms with E-state index in [0.717, 1.165) is 44.0 Å². The Morgan fingerprint density at radius 1 is 1.19 bits per heavy atom. The first-order valence-corrected chi connectivity index (χ1v) is 16.7. The highest BCUT2D eigenvalue weighted by Crippen LogP contribution is 2.37. The number of benzene rings is 1. The van der Waals surface area contributed by atoms with Crippen molar-refractivity contribution in [2.75, 3.05) is 45.9 Å². The highest BCUT2D eigenvalue weighted by molar-refractivity contribution is 7.99. The van der Waals surface area contributed by atoms with Gasteiger partial charge in [-0.3, -0.25) is 14.5 Å². The number of rotatable bonds is 10. The van der Waals surface area contributed by atoms with E-state index in [9.17, 15) is 18.4 Å². The smallest absolute Gasteiger partial charge is 0.387 e. The van der Waals surface area contributed by atoms with Crippen molar-refractivity contribution in [3.05, 3.63) is 65.9 Å². The minimum atomic E-state index is -3.05. The van der Waals surface area contributed by atoms with E-state index in [2.05, 4.69) is 32.6 Å². The lowest BCUT2D eigenvalue weighted by Gasteiger charge is -2.48. The van der Waals surface area contributed by atoms with Crippen LogP contribution in [-0.4, -0.2) is 105 Å². The fourth-order valence-electron chi connectivity index (χ4n) is 6.34. The van der Waals surface area contributed by atoms with Crippen LogP contribution in [0.25, 0.3) is 5.65 Å². The molecular weight excluding hydrogens is 630 g/mol. The topological polar surface area (TPSA) is 117 Å². The minimum Gasteiger partial charge on any atom is -0.434 e. The summed E-state index contributed by atoms with van der Waals surface area (Å²) in [5.41, 5.74) is 4.65. The summed E-state index contributed by atoms with van der Waals surface area (Å²) in [5, 5.41) is 8.97. The Hall–Kier alpha value is -3.79. The van der Waals surface area contributed by atoms with Gasteiger partial charge >= 0.3 is 6.61 Å². The van der Waals surface area contributed by atoms with Crippen molar-refractivity contribution in [1.29, 1.82) is 0 Å². The summed E-state index contributed by atoms with van der Waals surface area (Å²) >= 11 is 1.57. The zero-order chi connectivity index (χ0) is 33.1. The van der Waals surface area contributed by atoms with Crippen LogP contribution in [0.3, 0.4) is 0 Å². The first-order valence-electron chi connectivity index (χ1n) is 15.8. The molecular formula is C32H40F2N8O4S. The van der Waals surface area contributed by atoms with Gasteiger partial charge in [0.25, 0.3) is 5.91 Å². The highest BCUT2D eigenvalue weighted by atomic mass is 32.2. The predicted molar refractivity (Wildman–Crippen MR) is 172 cm³/mol. The van der Waals surface area contributed by atoms with E-state index in [1.54, 1.807) is 53.6 Å². The van der Waals surface area contributed by atoms with Crippen molar-refractivity contribution in [1.82, 2.24) is 40.1 Å². The molecule has 1 aromatic carbocycles. The van der Waals surface area contributed by atoms with Crippen molar-refractivity contribution in [3.8, 4) is 5.75 Å². The molecule has 3 aliphatic rings. The van der Waals surface area contributed by atoms with Crippen LogP contribution in [0.4, 0.5) is 8.78 Å². The summed E-state index contributed by atoms with van der Waals surface area (Å²) in [6.45, 7) is 7.74. The largest absolute Gasteiger partial charge is 0.434 e. The SMILES string of the molecule is CC(C)Sc1ccc(OC(F)F)c(C2NN(CC(=O)N3CCC(C)(N4CCOCC4)CC3)C=C2NC(=O)c2cnn3cccnc23)c1. The number of aromatic nitrogens is 3. The standard InChI is InChI=1S/C32H40F2N8O4S/c1-21(2)47-22-5-6-26(46-31(33)34)23(17-22)28-25(37-30(44)24-18-36-42-10-4-9-35-29(24)42)19-41(38-28)20-27(43)39-11-7-32(3,8-12-39)40-13-15-45-16-14-40/h4-6,9-10,17-19,21,28,31,38H,7-8,11-16,20H2,1-3H3,(H,37,44). The lowest BCUT2D eigenvalue weighted by Crippen LogP contribution is -2.58. The van der Waals surface area contributed by atoms with Gasteiger partial charge in [0.1, 0.15) is 17.9 Å². The number of carbonyl (C=O) groups is 2. The number of nitrogens with one attached hydrogen (secondary N) is 2. The minimum absolute atomic E-state index is 0.0159. The van der Waals surface area contributed by atoms with E-state index in [4.69, 9.17) is 9.47 Å². The fraction of sp³-hybridized carbons (Fsp3) is 0.500. The number of hydrazine groups is 1. The molecule has 0 aliphatic carbocycles. The maximum Gasteiger partial charge on any atom is 0.387 e. The number of halogens is 2. The summed E-state index contributed by atoms with van der Waals surface area (Å²) in [7, 11) is 0. The monoisotopic (exact) mass is 670 g/mol. The Bertz CT molecular complexity index is 1620. The molecule has 0 bridgehead atoms. The number of ether oxygens (including phenoxy) is 2. The van der Waals surface area contributed by atoms with E-state index in [0.29, 0.717) is 30.0 Å². The molecule has 1 unspecified atom stereocenters. The third-order valence-electron chi connectivity index (χ3n) is 8.84. The summed E-state index contributed by atoms with van der Waals surface area (Å²) in [5.74, 6) is -0.591. The van der Waals surface area contributed by atoms with Gasteiger partial charge in [-0.05, 0) is 44.0 Å². The molecule has 3 aromatic rings. The van der Waals surface area contributed by atoms with E-state index in [1.165, 1.54) is 16.8 Å². The van der Waals surface area contributed by atoms with Crippen LogP contribution in [0.5, 0.6) is 5.75 Å². The van der Waals surface area contributed by atoms with E-state index in [-0.39, 0.29) is 34.6 Å². The molecule has 15 heteroatoms. The normalized spacial score (nSPS) is 20.2. The van der Waals surface area contributed by atoms with Gasteiger partial charge < -0.3 is 24.7 Å². The summed E-state index contributed by atoms with van der Waals surface area (Å²) < 4.78 is 39.0. The highest BCUT2D eigenvalue weighted by Gasteiger charge is 2.38. The number of carbonyl (C=O) groups excluding carboxylic acids is 2. The summed E-state index contributed by atoms with van der Waals surface area (Å²) in [4.78, 5) is 36.6. The second-order valence-electron chi connectivity index (χ2n) is 12.4. The van der Waals surface area contributed by atoms with Crippen molar-refractivity contribution >= 4 is 29.2 Å². The Kier molecular flexibility index (Phi) is 9.96. The molecule has 2 amide bonds. The van der Waals surface area contributed by atoms with Crippen LogP contribution in [0.15, 0.2) is 59.6 Å². The van der Waals surface area contributed by atoms with Gasteiger partial charge in [-0.25, -0.2) is 14.9 Å². The van der Waals surface area contributed by atoms with E-state index < -0.39 is 18.6 Å². The molecule has 6 rings (SSSR count). The number of hydrogen-bond donors (Lipinski definition) is 2. The Morgan fingerprint density at radius 3 is 2.68 bits per heavy atom. The van der Waals surface area contributed by atoms with Crippen molar-refractivity contribution in [2.45, 2.75) is 62.0 Å². The molecule has 5 heterocycles. The maximum atomic E-state index is 13.6. The average Bonchev–Trinajstić information content (AvgIpc) is 3.66. The molecule has 0 radical (unpaired) electrons. The van der Waals surface area contributed by atoms with Crippen molar-refractivity contribution in [2.24, 2.45) is 0 Å². The Labute approximate surface area is 276 Å². The number of thioether (sulfide) groups is 1. The molecule has 2 N–H and O–H groups in total. The molecule has 252 valence electrons. The first kappa shape index (κ1) is 33.1. The number of hydrogen-bond acceptors (Lipinski definition) is 10. The number of fused-ring (bicyclic) bond motifs is 1. The first-order chi connectivity index (χ1) is 22.6. The van der Waals surface area contributed by atoms with Crippen molar-refractivity contribution in [3.63, 3.8) is 0 Å². The summed E-state index contributed by atoms with van der Waals surface area (Å²) in [6, 6.07) is 5.92. The maximum absolute atomic E-state index is 13.6. The van der Waals surface area contributed by atoms with Crippen LogP contribution < -0.4 is 15.5 Å². The Morgan fingerprint density at radius 2 is 1.96 bits per heavy atom. The Balaban J connectivity index is 1.23. The summed E-state index contributed by atoms with van der Waals surface area (Å²) in [6.07, 6.45) is 8.01. The van der Waals surface area contributed by atoms with Gasteiger partial charge in [-0.1, -0.05) is 13.8 Å². The average molecular weight is 671 g/mol. The lowest BCUT2D eigenvalue weighted by molar-refractivity contribution is -0.135. The molecule has 2 fully saturated rings. The molecule has 12 nitrogen and oxygen atoms in total. The third-order valence-corrected chi connectivity index (χ3v) is 9.83. The number of alkyl halides is 2. The van der Waals surface area contributed by atoms with Gasteiger partial charge in [0, 0.05) is 66.0 Å². The van der Waals surface area contributed by atoms with Gasteiger partial charge in [0.05, 0.1) is 31.1 Å². The van der Waals surface area contributed by atoms with Crippen LogP contribution in [-0.2, 0) is 9.53 Å². The molecule has 3 aliphatic heterocycles.